The smallest absolute Gasteiger partial charge is 0.324 e. The van der Waals surface area contributed by atoms with E-state index in [0.717, 1.165) is 57.0 Å². The monoisotopic (exact) mass is 738 g/mol. The van der Waals surface area contributed by atoms with Crippen molar-refractivity contribution < 1.29 is 23.9 Å². The number of hydrazine groups is 1. The molecule has 4 aromatic rings. The van der Waals surface area contributed by atoms with E-state index >= 15 is 0 Å². The fraction of sp³-hybridized carbons (Fsp3) is 0.537. The summed E-state index contributed by atoms with van der Waals surface area (Å²) >= 11 is 1.50. The summed E-state index contributed by atoms with van der Waals surface area (Å²) in [6.45, 7) is 11.1. The second kappa shape index (κ2) is 13.9. The number of methoxy groups -OCH3 is 1. The Kier molecular flexibility index (Phi) is 9.43. The molecular weight excluding hydrogens is 689 g/mol. The van der Waals surface area contributed by atoms with Crippen molar-refractivity contribution in [3.8, 4) is 22.5 Å². The largest absolute Gasteiger partial charge is 0.464 e. The Morgan fingerprint density at radius 1 is 1.15 bits per heavy atom. The van der Waals surface area contributed by atoms with Crippen molar-refractivity contribution in [3.05, 3.63) is 58.2 Å². The molecule has 6 bridgehead atoms. The lowest BCUT2D eigenvalue weighted by Gasteiger charge is -2.35. The van der Waals surface area contributed by atoms with Gasteiger partial charge in [0.2, 0.25) is 5.91 Å². The number of nitrogens with one attached hydrogen (secondary N) is 2. The van der Waals surface area contributed by atoms with E-state index in [1.54, 1.807) is 7.11 Å². The molecule has 5 heterocycles. The number of ether oxygens (including phenoxy) is 2. The van der Waals surface area contributed by atoms with E-state index in [0.29, 0.717) is 31.8 Å². The molecule has 8 rings (SSSR count). The summed E-state index contributed by atoms with van der Waals surface area (Å²) in [6.07, 6.45) is 5.91. The quantitative estimate of drug-likeness (QED) is 0.217. The van der Waals surface area contributed by atoms with Gasteiger partial charge in [-0.05, 0) is 80.7 Å². The highest BCUT2D eigenvalue weighted by Gasteiger charge is 2.49. The van der Waals surface area contributed by atoms with E-state index in [2.05, 4.69) is 67.3 Å². The van der Waals surface area contributed by atoms with Crippen LogP contribution in [-0.2, 0) is 36.7 Å². The van der Waals surface area contributed by atoms with Crippen molar-refractivity contribution in [1.29, 1.82) is 0 Å². The summed E-state index contributed by atoms with van der Waals surface area (Å²) in [4.78, 5) is 51.1. The van der Waals surface area contributed by atoms with Crippen LogP contribution in [-0.4, -0.2) is 69.7 Å². The van der Waals surface area contributed by atoms with E-state index in [-0.39, 0.29) is 54.7 Å². The van der Waals surface area contributed by atoms with Crippen LogP contribution < -0.4 is 10.7 Å². The van der Waals surface area contributed by atoms with Crippen LogP contribution in [0, 0.1) is 23.2 Å². The summed E-state index contributed by atoms with van der Waals surface area (Å²) in [5.74, 6) is -0.326. The van der Waals surface area contributed by atoms with Gasteiger partial charge < -0.3 is 19.4 Å². The molecule has 0 radical (unpaired) electrons. The molecule has 2 amide bonds. The molecule has 4 aliphatic rings. The lowest BCUT2D eigenvalue weighted by Crippen LogP contribution is -2.60. The first-order valence-electron chi connectivity index (χ1n) is 19.1. The van der Waals surface area contributed by atoms with Crippen molar-refractivity contribution in [2.75, 3.05) is 20.3 Å². The van der Waals surface area contributed by atoms with E-state index in [9.17, 15) is 14.4 Å². The van der Waals surface area contributed by atoms with Gasteiger partial charge >= 0.3 is 5.97 Å². The highest BCUT2D eigenvalue weighted by Crippen LogP contribution is 2.48. The number of fused-ring (bicyclic) bond motifs is 6. The van der Waals surface area contributed by atoms with Crippen molar-refractivity contribution in [2.45, 2.75) is 97.4 Å². The molecule has 3 aromatic heterocycles. The number of carbonyl (C=O) groups excluding carboxylic acids is 3. The summed E-state index contributed by atoms with van der Waals surface area (Å²) in [5.41, 5.74) is 9.96. The number of cyclic esters (lactones) is 1. The third-order valence-electron chi connectivity index (χ3n) is 11.8. The maximum Gasteiger partial charge on any atom is 0.324 e. The van der Waals surface area contributed by atoms with Gasteiger partial charge in [0, 0.05) is 71.1 Å². The first-order chi connectivity index (χ1) is 25.4. The summed E-state index contributed by atoms with van der Waals surface area (Å²) in [6, 6.07) is 9.61. The molecule has 12 heteroatoms. The number of carbonyl (C=O) groups is 3. The minimum Gasteiger partial charge on any atom is -0.464 e. The summed E-state index contributed by atoms with van der Waals surface area (Å²) < 4.78 is 14.4. The summed E-state index contributed by atoms with van der Waals surface area (Å²) in [7, 11) is 1.71. The summed E-state index contributed by atoms with van der Waals surface area (Å²) in [5, 5.41) is 8.52. The third-order valence-corrected chi connectivity index (χ3v) is 12.7. The van der Waals surface area contributed by atoms with Crippen LogP contribution in [0.25, 0.3) is 33.4 Å². The first-order valence-corrected chi connectivity index (χ1v) is 20.0. The van der Waals surface area contributed by atoms with Gasteiger partial charge in [-0.2, -0.15) is 0 Å². The minimum absolute atomic E-state index is 0.108. The van der Waals surface area contributed by atoms with Gasteiger partial charge in [0.25, 0.3) is 5.91 Å². The SMILES string of the molecule is CO[C@@H](C)c1ncccc1-c1c2c3cc(ccc3n1C1CC1)-c1csc(n1)C[C@H](NC(=O)C1[C@@H](C)[C@H]1C)C(=O)N1CCC[C@H](N1)C(=O)OCC(C)(C)C2. The Morgan fingerprint density at radius 3 is 2.68 bits per heavy atom. The lowest BCUT2D eigenvalue weighted by atomic mass is 9.84. The van der Waals surface area contributed by atoms with Gasteiger partial charge in [-0.1, -0.05) is 33.8 Å². The van der Waals surface area contributed by atoms with Crippen molar-refractivity contribution >= 4 is 40.0 Å². The second-order valence-electron chi connectivity index (χ2n) is 16.4. The Bertz CT molecular complexity index is 2060. The Labute approximate surface area is 314 Å². The zero-order valence-electron chi connectivity index (χ0n) is 31.5. The average Bonchev–Trinajstić information content (AvgIpc) is 4.01. The van der Waals surface area contributed by atoms with Crippen molar-refractivity contribution in [2.24, 2.45) is 23.2 Å². The Hall–Kier alpha value is -4.13. The van der Waals surface area contributed by atoms with Crippen LogP contribution in [0.4, 0.5) is 0 Å². The van der Waals surface area contributed by atoms with Crippen LogP contribution in [0.1, 0.15) is 88.7 Å². The molecule has 1 saturated heterocycles. The zero-order valence-corrected chi connectivity index (χ0v) is 32.3. The van der Waals surface area contributed by atoms with Gasteiger partial charge in [-0.15, -0.1) is 11.3 Å². The first kappa shape index (κ1) is 35.9. The number of benzene rings is 1. The van der Waals surface area contributed by atoms with E-state index in [4.69, 9.17) is 19.4 Å². The van der Waals surface area contributed by atoms with Crippen LogP contribution in [0.3, 0.4) is 0 Å². The van der Waals surface area contributed by atoms with Crippen LogP contribution in [0.5, 0.6) is 0 Å². The predicted molar refractivity (Wildman–Crippen MR) is 204 cm³/mol. The molecule has 2 saturated carbocycles. The molecule has 3 fully saturated rings. The molecule has 1 unspecified atom stereocenters. The Morgan fingerprint density at radius 2 is 1.94 bits per heavy atom. The zero-order chi connectivity index (χ0) is 37.2. The maximum atomic E-state index is 14.1. The number of hydrogen-bond acceptors (Lipinski definition) is 9. The minimum atomic E-state index is -0.825. The number of esters is 1. The van der Waals surface area contributed by atoms with E-state index in [1.807, 2.05) is 24.6 Å². The molecule has 11 nitrogen and oxygen atoms in total. The lowest BCUT2D eigenvalue weighted by molar-refractivity contribution is -0.155. The molecule has 2 aliphatic heterocycles. The molecule has 0 spiro atoms. The van der Waals surface area contributed by atoms with Crippen LogP contribution in [0.15, 0.2) is 41.9 Å². The molecule has 53 heavy (non-hydrogen) atoms. The van der Waals surface area contributed by atoms with E-state index in [1.165, 1.54) is 21.9 Å². The topological polar surface area (TPSA) is 128 Å². The normalized spacial score (nSPS) is 26.5. The standard InChI is InChI=1S/C41H50N6O5S/c1-22-23(2)35(22)38(48)44-31-18-34-43-32(20-53-34)25-11-14-33-28(17-25)29(19-41(4,5)21-52-40(50)30-10-8-16-46(45-30)39(31)49)37(47(33)26-12-13-26)27-9-7-15-42-36(27)24(3)51-6/h7,9,11,14-15,17,20,22-24,26,30-31,35,45H,8,10,12-13,16,18-19,21H2,1-6H3,(H,44,48)/t22-,23+,24-,30-,31-,35?/m0/s1. The molecule has 1 aromatic carbocycles. The maximum absolute atomic E-state index is 14.1. The Balaban J connectivity index is 1.25. The average molecular weight is 739 g/mol. The fourth-order valence-corrected chi connectivity index (χ4v) is 9.15. The fourth-order valence-electron chi connectivity index (χ4n) is 8.30. The molecule has 6 atom stereocenters. The highest BCUT2D eigenvalue weighted by molar-refractivity contribution is 7.10. The molecule has 280 valence electrons. The second-order valence-corrected chi connectivity index (χ2v) is 17.3. The number of hydrogen-bond donors (Lipinski definition) is 2. The van der Waals surface area contributed by atoms with Crippen LogP contribution in [0.2, 0.25) is 0 Å². The molecule has 2 aliphatic carbocycles. The number of amides is 2. The number of nitrogens with zero attached hydrogens (tertiary/aromatic N) is 4. The van der Waals surface area contributed by atoms with Crippen molar-refractivity contribution in [1.82, 2.24) is 30.3 Å². The van der Waals surface area contributed by atoms with Crippen LogP contribution >= 0.6 is 11.3 Å². The van der Waals surface area contributed by atoms with Gasteiger partial charge in [0.1, 0.15) is 12.1 Å². The predicted octanol–water partition coefficient (Wildman–Crippen LogP) is 6.42. The number of pyridine rings is 1. The molecular formula is C41H50N6O5S. The van der Waals surface area contributed by atoms with Gasteiger partial charge in [-0.25, -0.2) is 10.4 Å². The highest BCUT2D eigenvalue weighted by atomic mass is 32.1. The third kappa shape index (κ3) is 6.89. The number of rotatable bonds is 6. The van der Waals surface area contributed by atoms with Crippen molar-refractivity contribution in [3.63, 3.8) is 0 Å². The molecule has 2 N–H and O–H groups in total. The number of thiazole rings is 1. The van der Waals surface area contributed by atoms with Gasteiger partial charge in [0.05, 0.1) is 34.8 Å². The van der Waals surface area contributed by atoms with Gasteiger partial charge in [-0.3, -0.25) is 24.4 Å². The van der Waals surface area contributed by atoms with E-state index < -0.39 is 17.5 Å². The van der Waals surface area contributed by atoms with Gasteiger partial charge in [0.15, 0.2) is 0 Å². The number of aromatic nitrogens is 3.